The summed E-state index contributed by atoms with van der Waals surface area (Å²) in [5, 5.41) is 3.08. The average Bonchev–Trinajstić information content (AvgIpc) is 2.63. The van der Waals surface area contributed by atoms with E-state index in [0.717, 1.165) is 31.6 Å². The third kappa shape index (κ3) is 3.83. The topological polar surface area (TPSA) is 58.4 Å². The van der Waals surface area contributed by atoms with Gasteiger partial charge in [-0.3, -0.25) is 9.69 Å². The van der Waals surface area contributed by atoms with Gasteiger partial charge in [0.05, 0.1) is 6.04 Å². The van der Waals surface area contributed by atoms with E-state index in [1.165, 1.54) is 5.56 Å². The number of likely N-dealkylation sites (N-methyl/N-ethyl adjacent to an activating group) is 1. The minimum absolute atomic E-state index is 0.0233. The van der Waals surface area contributed by atoms with Gasteiger partial charge < -0.3 is 11.1 Å². The molecule has 1 aliphatic rings. The van der Waals surface area contributed by atoms with E-state index in [0.29, 0.717) is 6.54 Å². The summed E-state index contributed by atoms with van der Waals surface area (Å²) in [6, 6.07) is 8.00. The van der Waals surface area contributed by atoms with Crippen LogP contribution in [0.3, 0.4) is 0 Å². The molecular weight excluding hydrogens is 262 g/mol. The minimum Gasteiger partial charge on any atom is -0.330 e. The number of fused-ring (bicyclic) bond motifs is 1. The number of amides is 1. The molecule has 0 saturated heterocycles. The van der Waals surface area contributed by atoms with Crippen LogP contribution in [0, 0.1) is 5.41 Å². The Kier molecular flexibility index (Phi) is 5.01. The van der Waals surface area contributed by atoms with Gasteiger partial charge in [0, 0.05) is 12.2 Å². The van der Waals surface area contributed by atoms with Crippen molar-refractivity contribution in [1.29, 1.82) is 0 Å². The molecule has 4 heteroatoms. The first kappa shape index (κ1) is 16.0. The number of hydrogen-bond donors (Lipinski definition) is 2. The van der Waals surface area contributed by atoms with E-state index in [9.17, 15) is 4.79 Å². The molecule has 0 bridgehead atoms. The molecule has 1 heterocycles. The first-order chi connectivity index (χ1) is 9.96. The summed E-state index contributed by atoms with van der Waals surface area (Å²) in [4.78, 5) is 14.8. The fraction of sp³-hybridized carbons (Fsp3) is 0.588. The molecular formula is C17H27N3O. The maximum Gasteiger partial charge on any atom is 0.241 e. The third-order valence-corrected chi connectivity index (χ3v) is 4.30. The molecule has 1 amide bonds. The predicted molar refractivity (Wildman–Crippen MR) is 87.3 cm³/mol. The summed E-state index contributed by atoms with van der Waals surface area (Å²) in [6.07, 6.45) is 1.79. The molecule has 1 aromatic carbocycles. The van der Waals surface area contributed by atoms with Gasteiger partial charge in [0.15, 0.2) is 0 Å². The Morgan fingerprint density at radius 2 is 2.10 bits per heavy atom. The van der Waals surface area contributed by atoms with Crippen molar-refractivity contribution in [2.24, 2.45) is 11.1 Å². The second kappa shape index (κ2) is 6.58. The number of aryl methyl sites for hydroxylation is 1. The number of nitrogens with zero attached hydrogens (tertiary/aromatic N) is 1. The molecule has 4 nitrogen and oxygen atoms in total. The SMILES string of the molecule is CCN(CC(C)(C)CN)C1CCc2ccccc2NC1=O. The Morgan fingerprint density at radius 3 is 2.76 bits per heavy atom. The summed E-state index contributed by atoms with van der Waals surface area (Å²) in [5.74, 6) is 0.106. The first-order valence-electron chi connectivity index (χ1n) is 7.80. The third-order valence-electron chi connectivity index (χ3n) is 4.30. The maximum absolute atomic E-state index is 12.6. The van der Waals surface area contributed by atoms with Crippen molar-refractivity contribution in [3.05, 3.63) is 29.8 Å². The molecule has 0 fully saturated rings. The zero-order chi connectivity index (χ0) is 15.5. The molecule has 0 aliphatic carbocycles. The lowest BCUT2D eigenvalue weighted by Crippen LogP contribution is -2.48. The second-order valence-electron chi connectivity index (χ2n) is 6.63. The molecule has 2 rings (SSSR count). The molecule has 0 aromatic heterocycles. The van der Waals surface area contributed by atoms with Crippen molar-refractivity contribution in [3.8, 4) is 0 Å². The lowest BCUT2D eigenvalue weighted by molar-refractivity contribution is -0.121. The molecule has 0 radical (unpaired) electrons. The summed E-state index contributed by atoms with van der Waals surface area (Å²) < 4.78 is 0. The molecule has 21 heavy (non-hydrogen) atoms. The van der Waals surface area contributed by atoms with Gasteiger partial charge >= 0.3 is 0 Å². The fourth-order valence-electron chi connectivity index (χ4n) is 2.90. The highest BCUT2D eigenvalue weighted by molar-refractivity contribution is 5.96. The molecule has 1 aromatic rings. The summed E-state index contributed by atoms with van der Waals surface area (Å²) >= 11 is 0. The molecule has 1 aliphatic heterocycles. The first-order valence-corrected chi connectivity index (χ1v) is 7.80. The van der Waals surface area contributed by atoms with E-state index in [1.54, 1.807) is 0 Å². The van der Waals surface area contributed by atoms with Crippen LogP contribution < -0.4 is 11.1 Å². The van der Waals surface area contributed by atoms with Crippen molar-refractivity contribution < 1.29 is 4.79 Å². The highest BCUT2D eigenvalue weighted by Crippen LogP contribution is 2.25. The van der Waals surface area contributed by atoms with E-state index < -0.39 is 0 Å². The normalized spacial score (nSPS) is 19.1. The van der Waals surface area contributed by atoms with Gasteiger partial charge in [0.25, 0.3) is 0 Å². The van der Waals surface area contributed by atoms with E-state index in [4.69, 9.17) is 5.73 Å². The number of para-hydroxylation sites is 1. The molecule has 1 atom stereocenters. The van der Waals surface area contributed by atoms with Crippen LogP contribution in [0.4, 0.5) is 5.69 Å². The Morgan fingerprint density at radius 1 is 1.38 bits per heavy atom. The van der Waals surface area contributed by atoms with Gasteiger partial charge in [0.2, 0.25) is 5.91 Å². The molecule has 1 unspecified atom stereocenters. The Balaban J connectivity index is 2.15. The number of nitrogens with two attached hydrogens (primary N) is 1. The van der Waals surface area contributed by atoms with Gasteiger partial charge in [-0.15, -0.1) is 0 Å². The lowest BCUT2D eigenvalue weighted by atomic mass is 9.92. The molecule has 3 N–H and O–H groups in total. The standard InChI is InChI=1S/C17H27N3O/c1-4-20(12-17(2,3)11-18)15-10-9-13-7-5-6-8-14(13)19-16(15)21/h5-8,15H,4,9-12,18H2,1-3H3,(H,19,21). The quantitative estimate of drug-likeness (QED) is 0.874. The van der Waals surface area contributed by atoms with Crippen LogP contribution in [-0.2, 0) is 11.2 Å². The van der Waals surface area contributed by atoms with E-state index in [2.05, 4.69) is 37.1 Å². The van der Waals surface area contributed by atoms with E-state index in [-0.39, 0.29) is 17.4 Å². The smallest absolute Gasteiger partial charge is 0.241 e. The van der Waals surface area contributed by atoms with Gasteiger partial charge in [-0.1, -0.05) is 39.0 Å². The van der Waals surface area contributed by atoms with Crippen LogP contribution in [0.5, 0.6) is 0 Å². The largest absolute Gasteiger partial charge is 0.330 e. The summed E-state index contributed by atoms with van der Waals surface area (Å²) in [6.45, 7) is 8.74. The van der Waals surface area contributed by atoms with Crippen LogP contribution in [0.2, 0.25) is 0 Å². The highest BCUT2D eigenvalue weighted by atomic mass is 16.2. The number of carbonyl (C=O) groups excluding carboxylic acids is 1. The van der Waals surface area contributed by atoms with Gasteiger partial charge in [0.1, 0.15) is 0 Å². The second-order valence-corrected chi connectivity index (χ2v) is 6.63. The molecule has 0 saturated carbocycles. The van der Waals surface area contributed by atoms with Gasteiger partial charge in [-0.05, 0) is 43.0 Å². The van der Waals surface area contributed by atoms with Crippen LogP contribution >= 0.6 is 0 Å². The van der Waals surface area contributed by atoms with Crippen LogP contribution in [-0.4, -0.2) is 36.5 Å². The number of carbonyl (C=O) groups is 1. The summed E-state index contributed by atoms with van der Waals surface area (Å²) in [5.41, 5.74) is 8.05. The number of rotatable bonds is 5. The number of nitrogens with one attached hydrogen (secondary N) is 1. The van der Waals surface area contributed by atoms with Gasteiger partial charge in [-0.25, -0.2) is 0 Å². The number of hydrogen-bond acceptors (Lipinski definition) is 3. The molecule has 0 spiro atoms. The maximum atomic E-state index is 12.6. The monoisotopic (exact) mass is 289 g/mol. The molecule has 116 valence electrons. The minimum atomic E-state index is -0.0757. The van der Waals surface area contributed by atoms with Gasteiger partial charge in [-0.2, -0.15) is 0 Å². The van der Waals surface area contributed by atoms with Crippen LogP contribution in [0.1, 0.15) is 32.8 Å². The summed E-state index contributed by atoms with van der Waals surface area (Å²) in [7, 11) is 0. The number of anilines is 1. The Hall–Kier alpha value is -1.39. The van der Waals surface area contributed by atoms with Crippen molar-refractivity contribution >= 4 is 11.6 Å². The van der Waals surface area contributed by atoms with E-state index >= 15 is 0 Å². The van der Waals surface area contributed by atoms with Crippen LogP contribution in [0.15, 0.2) is 24.3 Å². The van der Waals surface area contributed by atoms with Crippen molar-refractivity contribution in [2.45, 2.75) is 39.7 Å². The number of benzene rings is 1. The van der Waals surface area contributed by atoms with E-state index in [1.807, 2.05) is 18.2 Å². The average molecular weight is 289 g/mol. The highest BCUT2D eigenvalue weighted by Gasteiger charge is 2.31. The van der Waals surface area contributed by atoms with Crippen molar-refractivity contribution in [2.75, 3.05) is 25.0 Å². The van der Waals surface area contributed by atoms with Crippen molar-refractivity contribution in [1.82, 2.24) is 4.90 Å². The Bertz CT molecular complexity index is 499. The lowest BCUT2D eigenvalue weighted by Gasteiger charge is -2.35. The Labute approximate surface area is 127 Å². The zero-order valence-electron chi connectivity index (χ0n) is 13.4. The van der Waals surface area contributed by atoms with Crippen LogP contribution in [0.25, 0.3) is 0 Å². The zero-order valence-corrected chi connectivity index (χ0v) is 13.4. The van der Waals surface area contributed by atoms with Crippen molar-refractivity contribution in [3.63, 3.8) is 0 Å². The fourth-order valence-corrected chi connectivity index (χ4v) is 2.90. The predicted octanol–water partition coefficient (Wildman–Crippen LogP) is 2.25.